The van der Waals surface area contributed by atoms with E-state index in [0.29, 0.717) is 29.3 Å². The van der Waals surface area contributed by atoms with Gasteiger partial charge in [0.1, 0.15) is 12.1 Å². The molecule has 2 N–H and O–H groups in total. The third kappa shape index (κ3) is 3.03. The zero-order valence-corrected chi connectivity index (χ0v) is 11.4. The highest BCUT2D eigenvalue weighted by molar-refractivity contribution is 7.99. The number of nitrogens with zero attached hydrogens (tertiary/aromatic N) is 2. The maximum Gasteiger partial charge on any atom is 0.327 e. The van der Waals surface area contributed by atoms with E-state index in [2.05, 4.69) is 5.32 Å². The topological polar surface area (TPSA) is 93.4 Å². The van der Waals surface area contributed by atoms with Gasteiger partial charge >= 0.3 is 12.0 Å². The number of nitriles is 1. The lowest BCUT2D eigenvalue weighted by Gasteiger charge is -2.32. The first-order valence-corrected chi connectivity index (χ1v) is 7.16. The van der Waals surface area contributed by atoms with Crippen molar-refractivity contribution in [2.75, 3.05) is 23.4 Å². The highest BCUT2D eigenvalue weighted by Crippen LogP contribution is 2.19. The summed E-state index contributed by atoms with van der Waals surface area (Å²) < 4.78 is 0. The predicted molar refractivity (Wildman–Crippen MR) is 75.6 cm³/mol. The molecule has 2 amide bonds. The van der Waals surface area contributed by atoms with E-state index in [1.165, 1.54) is 16.7 Å². The highest BCUT2D eigenvalue weighted by Gasteiger charge is 2.32. The van der Waals surface area contributed by atoms with E-state index in [0.717, 1.165) is 0 Å². The highest BCUT2D eigenvalue weighted by atomic mass is 32.2. The number of benzene rings is 1. The van der Waals surface area contributed by atoms with Gasteiger partial charge < -0.3 is 15.3 Å². The summed E-state index contributed by atoms with van der Waals surface area (Å²) in [6.45, 7) is 0.377. The number of hydrogen-bond acceptors (Lipinski definition) is 4. The van der Waals surface area contributed by atoms with E-state index >= 15 is 0 Å². The van der Waals surface area contributed by atoms with Crippen LogP contribution in [0.15, 0.2) is 24.3 Å². The van der Waals surface area contributed by atoms with E-state index in [4.69, 9.17) is 10.4 Å². The van der Waals surface area contributed by atoms with Crippen LogP contribution in [-0.2, 0) is 4.79 Å². The molecule has 1 unspecified atom stereocenters. The van der Waals surface area contributed by atoms with Crippen LogP contribution < -0.4 is 5.32 Å². The summed E-state index contributed by atoms with van der Waals surface area (Å²) in [5.74, 6) is 0.0700. The second-order valence-electron chi connectivity index (χ2n) is 4.21. The van der Waals surface area contributed by atoms with Crippen LogP contribution in [0, 0.1) is 11.3 Å². The van der Waals surface area contributed by atoms with Crippen molar-refractivity contribution in [3.63, 3.8) is 0 Å². The summed E-state index contributed by atoms with van der Waals surface area (Å²) in [6.07, 6.45) is 0. The van der Waals surface area contributed by atoms with E-state index < -0.39 is 18.0 Å². The number of urea groups is 1. The molecule has 0 aromatic heterocycles. The number of nitrogens with one attached hydrogen (secondary N) is 1. The molecular weight excluding hydrogens is 278 g/mol. The largest absolute Gasteiger partial charge is 0.480 e. The van der Waals surface area contributed by atoms with E-state index in [-0.39, 0.29) is 0 Å². The van der Waals surface area contributed by atoms with Gasteiger partial charge in [-0.15, -0.1) is 0 Å². The van der Waals surface area contributed by atoms with Crippen LogP contribution in [0.4, 0.5) is 10.5 Å². The average molecular weight is 291 g/mol. The Labute approximate surface area is 120 Å². The molecule has 2 rings (SSSR count). The summed E-state index contributed by atoms with van der Waals surface area (Å²) in [4.78, 5) is 24.6. The van der Waals surface area contributed by atoms with Crippen LogP contribution in [0.5, 0.6) is 0 Å². The molecule has 0 spiro atoms. The second-order valence-corrected chi connectivity index (χ2v) is 5.36. The number of carbonyl (C=O) groups excluding carboxylic acids is 1. The molecular formula is C13H13N3O3S. The zero-order chi connectivity index (χ0) is 14.5. The van der Waals surface area contributed by atoms with Crippen molar-refractivity contribution in [3.8, 4) is 6.07 Å². The fourth-order valence-corrected chi connectivity index (χ4v) is 2.97. The number of para-hydroxylation sites is 1. The smallest absolute Gasteiger partial charge is 0.327 e. The normalized spacial score (nSPS) is 18.1. The Morgan fingerprint density at radius 3 is 2.90 bits per heavy atom. The molecule has 1 aromatic rings. The summed E-state index contributed by atoms with van der Waals surface area (Å²) in [5, 5.41) is 20.7. The maximum atomic E-state index is 12.2. The van der Waals surface area contributed by atoms with Crippen molar-refractivity contribution >= 4 is 29.4 Å². The summed E-state index contributed by atoms with van der Waals surface area (Å²) in [5.41, 5.74) is 0.737. The summed E-state index contributed by atoms with van der Waals surface area (Å²) in [7, 11) is 0. The number of hydrogen-bond donors (Lipinski definition) is 2. The van der Waals surface area contributed by atoms with Gasteiger partial charge in [0.15, 0.2) is 0 Å². The molecule has 1 fully saturated rings. The first-order chi connectivity index (χ1) is 9.63. The molecule has 6 nitrogen and oxygen atoms in total. The number of carboxylic acid groups (broad SMARTS) is 1. The molecule has 7 heteroatoms. The van der Waals surface area contributed by atoms with Crippen molar-refractivity contribution < 1.29 is 14.7 Å². The Hall–Kier alpha value is -2.20. The quantitative estimate of drug-likeness (QED) is 0.863. The van der Waals surface area contributed by atoms with Gasteiger partial charge in [0.2, 0.25) is 0 Å². The number of anilines is 1. The summed E-state index contributed by atoms with van der Waals surface area (Å²) in [6, 6.07) is 7.28. The third-order valence-electron chi connectivity index (χ3n) is 2.96. The van der Waals surface area contributed by atoms with Crippen molar-refractivity contribution in [2.45, 2.75) is 6.04 Å². The van der Waals surface area contributed by atoms with Crippen LogP contribution in [0.2, 0.25) is 0 Å². The van der Waals surface area contributed by atoms with Crippen molar-refractivity contribution in [3.05, 3.63) is 29.8 Å². The van der Waals surface area contributed by atoms with Gasteiger partial charge in [-0.25, -0.2) is 9.59 Å². The second kappa shape index (κ2) is 6.30. The predicted octanol–water partition coefficient (Wildman–Crippen LogP) is 1.59. The van der Waals surface area contributed by atoms with E-state index in [1.54, 1.807) is 24.3 Å². The van der Waals surface area contributed by atoms with Gasteiger partial charge in [-0.2, -0.15) is 17.0 Å². The fraction of sp³-hybridized carbons (Fsp3) is 0.308. The fourth-order valence-electron chi connectivity index (χ4n) is 1.93. The summed E-state index contributed by atoms with van der Waals surface area (Å²) >= 11 is 1.51. The van der Waals surface area contributed by atoms with Crippen LogP contribution in [0.1, 0.15) is 5.56 Å². The number of amides is 2. The van der Waals surface area contributed by atoms with Gasteiger partial charge in [0, 0.05) is 18.1 Å². The Morgan fingerprint density at radius 2 is 2.20 bits per heavy atom. The first-order valence-electron chi connectivity index (χ1n) is 6.01. The van der Waals surface area contributed by atoms with Crippen LogP contribution in [0.25, 0.3) is 0 Å². The van der Waals surface area contributed by atoms with Gasteiger partial charge in [-0.05, 0) is 12.1 Å². The average Bonchev–Trinajstić information content (AvgIpc) is 2.47. The molecule has 1 heterocycles. The molecule has 0 saturated carbocycles. The van der Waals surface area contributed by atoms with Crippen LogP contribution in [0.3, 0.4) is 0 Å². The van der Waals surface area contributed by atoms with Crippen LogP contribution >= 0.6 is 11.8 Å². The van der Waals surface area contributed by atoms with Crippen molar-refractivity contribution in [1.82, 2.24) is 4.90 Å². The number of thioether (sulfide) groups is 1. The monoisotopic (exact) mass is 291 g/mol. The van der Waals surface area contributed by atoms with E-state index in [1.807, 2.05) is 6.07 Å². The minimum Gasteiger partial charge on any atom is -0.480 e. The Balaban J connectivity index is 2.14. The molecule has 20 heavy (non-hydrogen) atoms. The Morgan fingerprint density at radius 1 is 1.45 bits per heavy atom. The first kappa shape index (κ1) is 14.2. The SMILES string of the molecule is N#Cc1ccccc1NC(=O)N1CCSCC1C(=O)O. The number of rotatable bonds is 2. The molecule has 1 aliphatic rings. The van der Waals surface area contributed by atoms with E-state index in [9.17, 15) is 9.59 Å². The number of aliphatic carboxylic acids is 1. The lowest BCUT2D eigenvalue weighted by molar-refractivity contribution is -0.141. The minimum absolute atomic E-state index is 0.346. The van der Waals surface area contributed by atoms with Gasteiger partial charge in [-0.3, -0.25) is 0 Å². The lowest BCUT2D eigenvalue weighted by Crippen LogP contribution is -2.51. The number of carbonyl (C=O) groups is 2. The van der Waals surface area contributed by atoms with Gasteiger partial charge in [0.25, 0.3) is 0 Å². The molecule has 1 saturated heterocycles. The van der Waals surface area contributed by atoms with Crippen molar-refractivity contribution in [1.29, 1.82) is 5.26 Å². The molecule has 1 aliphatic heterocycles. The maximum absolute atomic E-state index is 12.2. The molecule has 1 atom stereocenters. The standard InChI is InChI=1S/C13H13N3O3S/c14-7-9-3-1-2-4-10(9)15-13(19)16-5-6-20-8-11(16)12(17)18/h1-4,11H,5-6,8H2,(H,15,19)(H,17,18). The van der Waals surface area contributed by atoms with Crippen LogP contribution in [-0.4, -0.2) is 46.1 Å². The molecule has 0 aliphatic carbocycles. The third-order valence-corrected chi connectivity index (χ3v) is 3.99. The van der Waals surface area contributed by atoms with Gasteiger partial charge in [-0.1, -0.05) is 12.1 Å². The molecule has 104 valence electrons. The number of carboxylic acids is 1. The lowest BCUT2D eigenvalue weighted by atomic mass is 10.2. The Bertz CT molecular complexity index is 570. The zero-order valence-electron chi connectivity index (χ0n) is 10.6. The van der Waals surface area contributed by atoms with Crippen molar-refractivity contribution in [2.24, 2.45) is 0 Å². The minimum atomic E-state index is -1.01. The molecule has 0 bridgehead atoms. The Kier molecular flexibility index (Phi) is 4.48. The molecule has 0 radical (unpaired) electrons. The molecule has 1 aromatic carbocycles. The van der Waals surface area contributed by atoms with Gasteiger partial charge in [0.05, 0.1) is 11.3 Å².